The minimum Gasteiger partial charge on any atom is -0.447 e. The predicted octanol–water partition coefficient (Wildman–Crippen LogP) is 6.72. The first-order valence-corrected chi connectivity index (χ1v) is 12.3. The lowest BCUT2D eigenvalue weighted by atomic mass is 9.87. The number of ether oxygens (including phenoxy) is 1. The predicted molar refractivity (Wildman–Crippen MR) is 129 cm³/mol. The third kappa shape index (κ3) is 6.78. The monoisotopic (exact) mass is 512 g/mol. The van der Waals surface area contributed by atoms with Crippen molar-refractivity contribution >= 4 is 23.6 Å². The van der Waals surface area contributed by atoms with E-state index in [9.17, 15) is 18.0 Å². The molecule has 1 amide bonds. The maximum Gasteiger partial charge on any atom is 0.416 e. The minimum absolute atomic E-state index is 0.0212. The summed E-state index contributed by atoms with van der Waals surface area (Å²) in [6.07, 6.45) is 0.834. The van der Waals surface area contributed by atoms with E-state index in [1.165, 1.54) is 6.07 Å². The first kappa shape index (κ1) is 27.0. The highest BCUT2D eigenvalue weighted by molar-refractivity contribution is 6.30. The fraction of sp³-hybridized carbons (Fsp3) is 0.560. The van der Waals surface area contributed by atoms with Gasteiger partial charge in [-0.25, -0.2) is 14.8 Å². The first-order valence-electron chi connectivity index (χ1n) is 11.9. The van der Waals surface area contributed by atoms with E-state index >= 15 is 0 Å². The van der Waals surface area contributed by atoms with E-state index in [1.807, 2.05) is 37.5 Å². The summed E-state index contributed by atoms with van der Waals surface area (Å²) in [5.41, 5.74) is -0.377. The lowest BCUT2D eigenvalue weighted by molar-refractivity contribution is -0.137. The van der Waals surface area contributed by atoms with E-state index in [-0.39, 0.29) is 41.9 Å². The number of benzene rings is 1. The van der Waals surface area contributed by atoms with Crippen LogP contribution in [0.25, 0.3) is 0 Å². The van der Waals surface area contributed by atoms with Gasteiger partial charge in [0.1, 0.15) is 0 Å². The summed E-state index contributed by atoms with van der Waals surface area (Å²) in [4.78, 5) is 25.5. The van der Waals surface area contributed by atoms with Crippen LogP contribution in [0.1, 0.15) is 64.5 Å². The maximum absolute atomic E-state index is 13.4. The Bertz CT molecular complexity index is 976. The number of carbonyl (C=O) groups is 1. The Morgan fingerprint density at radius 2 is 1.74 bits per heavy atom. The molecule has 1 aliphatic rings. The summed E-state index contributed by atoms with van der Waals surface area (Å²) in [7, 11) is 0. The van der Waals surface area contributed by atoms with Gasteiger partial charge in [-0.2, -0.15) is 13.2 Å². The Balaban J connectivity index is 1.95. The van der Waals surface area contributed by atoms with Crippen molar-refractivity contribution in [1.82, 2.24) is 14.9 Å². The van der Waals surface area contributed by atoms with Gasteiger partial charge in [-0.15, -0.1) is 0 Å². The lowest BCUT2D eigenvalue weighted by Gasteiger charge is -2.47. The lowest BCUT2D eigenvalue weighted by Crippen LogP contribution is -2.57. The topological polar surface area (TPSA) is 58.6 Å². The Kier molecular flexibility index (Phi) is 8.85. The Morgan fingerprint density at radius 3 is 2.26 bits per heavy atom. The molecule has 2 aromatic rings. The van der Waals surface area contributed by atoms with Crippen molar-refractivity contribution in [1.29, 1.82) is 0 Å². The highest BCUT2D eigenvalue weighted by Crippen LogP contribution is 2.35. The molecule has 0 N–H and O–H groups in total. The number of carbonyl (C=O) groups excluding carboxylic acids is 1. The summed E-state index contributed by atoms with van der Waals surface area (Å²) in [5.74, 6) is 0.425. The zero-order valence-electron chi connectivity index (χ0n) is 20.4. The van der Waals surface area contributed by atoms with E-state index in [1.54, 1.807) is 18.5 Å². The molecule has 3 rings (SSSR count). The number of aromatic nitrogens is 2. The standard InChI is InChI=1S/C25H32ClF3N4O2/c1-5-20-13-22(14-21(6-2)33(20)24(34)35-16(3)4)32(23-30-8-7-9-31-23)15-17-10-18(25(27,28)29)12-19(26)11-17/h7-12,16,20-22H,5-6,13-15H2,1-4H3/t20-,21+,22+. The van der Waals surface area contributed by atoms with E-state index in [0.717, 1.165) is 25.0 Å². The molecule has 1 aromatic carbocycles. The zero-order valence-corrected chi connectivity index (χ0v) is 21.2. The molecule has 0 unspecified atom stereocenters. The second-order valence-corrected chi connectivity index (χ2v) is 9.55. The van der Waals surface area contributed by atoms with Crippen molar-refractivity contribution in [3.8, 4) is 0 Å². The van der Waals surface area contributed by atoms with Crippen molar-refractivity contribution in [3.63, 3.8) is 0 Å². The molecule has 192 valence electrons. The third-order valence-electron chi connectivity index (χ3n) is 6.25. The Morgan fingerprint density at radius 1 is 1.14 bits per heavy atom. The minimum atomic E-state index is -4.50. The zero-order chi connectivity index (χ0) is 25.8. The summed E-state index contributed by atoms with van der Waals surface area (Å²) in [6.45, 7) is 7.83. The molecule has 0 radical (unpaired) electrons. The van der Waals surface area contributed by atoms with Crippen LogP contribution < -0.4 is 4.90 Å². The normalized spacial score (nSPS) is 20.7. The van der Waals surface area contributed by atoms with Crippen molar-refractivity contribution in [2.24, 2.45) is 0 Å². The van der Waals surface area contributed by atoms with Crippen molar-refractivity contribution in [3.05, 3.63) is 52.8 Å². The van der Waals surface area contributed by atoms with Crippen LogP contribution in [0.5, 0.6) is 0 Å². The molecule has 0 bridgehead atoms. The molecule has 0 aliphatic carbocycles. The molecule has 2 heterocycles. The highest BCUT2D eigenvalue weighted by atomic mass is 35.5. The van der Waals surface area contributed by atoms with Crippen LogP contribution in [-0.4, -0.2) is 45.2 Å². The quantitative estimate of drug-likeness (QED) is 0.412. The smallest absolute Gasteiger partial charge is 0.416 e. The molecule has 1 aliphatic heterocycles. The van der Waals surface area contributed by atoms with E-state index < -0.39 is 11.7 Å². The van der Waals surface area contributed by atoms with E-state index in [0.29, 0.717) is 24.4 Å². The maximum atomic E-state index is 13.4. The second-order valence-electron chi connectivity index (χ2n) is 9.11. The van der Waals surface area contributed by atoms with Crippen LogP contribution in [0.2, 0.25) is 5.02 Å². The van der Waals surface area contributed by atoms with Crippen molar-refractivity contribution in [2.45, 2.75) is 90.3 Å². The number of hydrogen-bond acceptors (Lipinski definition) is 5. The van der Waals surface area contributed by atoms with Crippen LogP contribution in [0, 0.1) is 0 Å². The van der Waals surface area contributed by atoms with Crippen LogP contribution in [0.4, 0.5) is 23.9 Å². The van der Waals surface area contributed by atoms with Gasteiger partial charge in [0.2, 0.25) is 5.95 Å². The van der Waals surface area contributed by atoms with Crippen LogP contribution in [0.15, 0.2) is 36.7 Å². The summed E-state index contributed by atoms with van der Waals surface area (Å²) in [5, 5.41) is 0.0212. The molecule has 1 fully saturated rings. The number of hydrogen-bond donors (Lipinski definition) is 0. The average Bonchev–Trinajstić information content (AvgIpc) is 2.80. The number of anilines is 1. The Hall–Kier alpha value is -2.55. The number of nitrogens with zero attached hydrogens (tertiary/aromatic N) is 4. The van der Waals surface area contributed by atoms with Gasteiger partial charge in [-0.05, 0) is 69.4 Å². The SMILES string of the molecule is CC[C@@H]1C[C@H](N(Cc2cc(Cl)cc(C(F)(F)F)c2)c2ncccn2)C[C@H](CC)N1C(=O)OC(C)C. The molecule has 35 heavy (non-hydrogen) atoms. The van der Waals surface area contributed by atoms with Gasteiger partial charge in [0.05, 0.1) is 11.7 Å². The number of rotatable bonds is 7. The molecule has 0 spiro atoms. The fourth-order valence-corrected chi connectivity index (χ4v) is 4.95. The third-order valence-corrected chi connectivity index (χ3v) is 6.47. The number of alkyl halides is 3. The van der Waals surface area contributed by atoms with Gasteiger partial charge in [0.15, 0.2) is 0 Å². The van der Waals surface area contributed by atoms with Gasteiger partial charge < -0.3 is 14.5 Å². The highest BCUT2D eigenvalue weighted by Gasteiger charge is 2.41. The van der Waals surface area contributed by atoms with Crippen LogP contribution in [0.3, 0.4) is 0 Å². The number of amides is 1. The largest absolute Gasteiger partial charge is 0.447 e. The second kappa shape index (κ2) is 11.5. The van der Waals surface area contributed by atoms with Crippen molar-refractivity contribution < 1.29 is 22.7 Å². The molecular weight excluding hydrogens is 481 g/mol. The van der Waals surface area contributed by atoms with Crippen LogP contribution in [-0.2, 0) is 17.5 Å². The number of likely N-dealkylation sites (tertiary alicyclic amines) is 1. The summed E-state index contributed by atoms with van der Waals surface area (Å²) < 4.78 is 45.8. The number of piperidine rings is 1. The Labute approximate surface area is 209 Å². The molecule has 10 heteroatoms. The molecule has 0 saturated carbocycles. The van der Waals surface area contributed by atoms with E-state index in [4.69, 9.17) is 16.3 Å². The summed E-state index contributed by atoms with van der Waals surface area (Å²) in [6, 6.07) is 5.01. The average molecular weight is 513 g/mol. The number of halogens is 4. The van der Waals surface area contributed by atoms with Gasteiger partial charge >= 0.3 is 12.3 Å². The van der Waals surface area contributed by atoms with Gasteiger partial charge in [-0.1, -0.05) is 25.4 Å². The molecular formula is C25H32ClF3N4O2. The van der Waals surface area contributed by atoms with Crippen LogP contribution >= 0.6 is 11.6 Å². The van der Waals surface area contributed by atoms with Gasteiger partial charge in [-0.3, -0.25) is 0 Å². The molecule has 1 aromatic heterocycles. The molecule has 1 saturated heterocycles. The van der Waals surface area contributed by atoms with E-state index in [2.05, 4.69) is 9.97 Å². The van der Waals surface area contributed by atoms with Gasteiger partial charge in [0, 0.05) is 42.1 Å². The fourth-order valence-electron chi connectivity index (χ4n) is 4.70. The molecule has 3 atom stereocenters. The first-order chi connectivity index (χ1) is 16.5. The molecule has 6 nitrogen and oxygen atoms in total. The van der Waals surface area contributed by atoms with Gasteiger partial charge in [0.25, 0.3) is 0 Å². The van der Waals surface area contributed by atoms with Crippen molar-refractivity contribution in [2.75, 3.05) is 4.90 Å². The summed E-state index contributed by atoms with van der Waals surface area (Å²) >= 11 is 6.05.